The summed E-state index contributed by atoms with van der Waals surface area (Å²) < 4.78 is 8.13. The van der Waals surface area contributed by atoms with Crippen molar-refractivity contribution in [2.75, 3.05) is 26.7 Å². The summed E-state index contributed by atoms with van der Waals surface area (Å²) in [6, 6.07) is 6.28. The quantitative estimate of drug-likeness (QED) is 0.817. The van der Waals surface area contributed by atoms with Crippen molar-refractivity contribution in [3.05, 3.63) is 29.6 Å². The molecule has 1 aromatic carbocycles. The number of aromatic nitrogens is 2. The molecule has 1 aromatic heterocycles. The highest BCUT2D eigenvalue weighted by molar-refractivity contribution is 6.20. The average Bonchev–Trinajstić information content (AvgIpc) is 2.80. The van der Waals surface area contributed by atoms with Crippen LogP contribution < -0.4 is 0 Å². The molecule has 0 amide bonds. The first-order valence-electron chi connectivity index (χ1n) is 7.46. The Labute approximate surface area is 130 Å². The fraction of sp³-hybridized carbons (Fsp3) is 0.562. The van der Waals surface area contributed by atoms with E-state index in [2.05, 4.69) is 41.6 Å². The second kappa shape index (κ2) is 5.95. The topological polar surface area (TPSA) is 30.3 Å². The van der Waals surface area contributed by atoms with Crippen LogP contribution in [0.1, 0.15) is 23.7 Å². The van der Waals surface area contributed by atoms with Crippen LogP contribution in [0.2, 0.25) is 0 Å². The van der Waals surface area contributed by atoms with Crippen LogP contribution in [-0.2, 0) is 11.3 Å². The Morgan fingerprint density at radius 3 is 3.00 bits per heavy atom. The van der Waals surface area contributed by atoms with Crippen LogP contribution in [0.15, 0.2) is 18.2 Å². The van der Waals surface area contributed by atoms with E-state index in [1.54, 1.807) is 0 Å². The number of benzene rings is 1. The lowest BCUT2D eigenvalue weighted by Gasteiger charge is -2.30. The maximum atomic E-state index is 6.34. The number of ether oxygens (including phenoxy) is 1. The molecule has 4 nitrogen and oxygen atoms in total. The van der Waals surface area contributed by atoms with Crippen LogP contribution in [-0.4, -0.2) is 47.3 Å². The van der Waals surface area contributed by atoms with E-state index in [1.165, 1.54) is 5.56 Å². The lowest BCUT2D eigenvalue weighted by atomic mass is 10.2. The summed E-state index contributed by atoms with van der Waals surface area (Å²) in [5.41, 5.74) is 3.38. The molecule has 1 aliphatic rings. The molecule has 0 N–H and O–H groups in total. The van der Waals surface area contributed by atoms with Crippen molar-refractivity contribution < 1.29 is 4.74 Å². The van der Waals surface area contributed by atoms with E-state index in [4.69, 9.17) is 21.3 Å². The molecular weight excluding hydrogens is 286 g/mol. The van der Waals surface area contributed by atoms with E-state index < -0.39 is 0 Å². The van der Waals surface area contributed by atoms with Crippen molar-refractivity contribution >= 4 is 22.6 Å². The highest BCUT2D eigenvalue weighted by Gasteiger charge is 2.22. The van der Waals surface area contributed by atoms with Gasteiger partial charge in [0.2, 0.25) is 0 Å². The zero-order chi connectivity index (χ0) is 15.0. The Morgan fingerprint density at radius 1 is 1.48 bits per heavy atom. The van der Waals surface area contributed by atoms with Gasteiger partial charge in [0, 0.05) is 13.1 Å². The van der Waals surface area contributed by atoms with Crippen LogP contribution >= 0.6 is 11.6 Å². The van der Waals surface area contributed by atoms with Crippen molar-refractivity contribution in [1.29, 1.82) is 0 Å². The first kappa shape index (κ1) is 14.8. The van der Waals surface area contributed by atoms with Gasteiger partial charge in [-0.15, -0.1) is 11.6 Å². The highest BCUT2D eigenvalue weighted by atomic mass is 35.5. The van der Waals surface area contributed by atoms with Crippen LogP contribution in [0, 0.1) is 6.92 Å². The third-order valence-electron chi connectivity index (χ3n) is 4.09. The number of hydrogen-bond donors (Lipinski definition) is 0. The SMILES string of the molecule is Cc1cccc2c1nc(C(C)Cl)n2CC1CN(C)CCO1. The van der Waals surface area contributed by atoms with Crippen LogP contribution in [0.4, 0.5) is 0 Å². The summed E-state index contributed by atoms with van der Waals surface area (Å²) >= 11 is 6.34. The number of likely N-dealkylation sites (N-methyl/N-ethyl adjacent to an activating group) is 1. The maximum Gasteiger partial charge on any atom is 0.127 e. The fourth-order valence-corrected chi connectivity index (χ4v) is 3.15. The molecule has 5 heteroatoms. The lowest BCUT2D eigenvalue weighted by Crippen LogP contribution is -2.42. The van der Waals surface area contributed by atoms with Gasteiger partial charge in [-0.2, -0.15) is 0 Å². The predicted molar refractivity (Wildman–Crippen MR) is 86.0 cm³/mol. The Morgan fingerprint density at radius 2 is 2.29 bits per heavy atom. The van der Waals surface area contributed by atoms with Gasteiger partial charge in [-0.05, 0) is 32.5 Å². The number of halogens is 1. The first-order valence-corrected chi connectivity index (χ1v) is 7.90. The van der Waals surface area contributed by atoms with Crippen molar-refractivity contribution in [1.82, 2.24) is 14.5 Å². The number of imidazole rings is 1. The van der Waals surface area contributed by atoms with E-state index >= 15 is 0 Å². The summed E-state index contributed by atoms with van der Waals surface area (Å²) in [7, 11) is 2.14. The molecule has 2 heterocycles. The number of hydrogen-bond acceptors (Lipinski definition) is 3. The van der Waals surface area contributed by atoms with E-state index in [-0.39, 0.29) is 11.5 Å². The Kier molecular flexibility index (Phi) is 4.20. The highest BCUT2D eigenvalue weighted by Crippen LogP contribution is 2.27. The van der Waals surface area contributed by atoms with Gasteiger partial charge in [0.1, 0.15) is 5.82 Å². The summed E-state index contributed by atoms with van der Waals surface area (Å²) in [6.45, 7) is 7.60. The largest absolute Gasteiger partial charge is 0.374 e. The number of para-hydroxylation sites is 1. The average molecular weight is 308 g/mol. The Balaban J connectivity index is 1.99. The van der Waals surface area contributed by atoms with Gasteiger partial charge in [0.25, 0.3) is 0 Å². The van der Waals surface area contributed by atoms with Gasteiger partial charge in [0.05, 0.1) is 35.7 Å². The van der Waals surface area contributed by atoms with Crippen LogP contribution in [0.5, 0.6) is 0 Å². The fourth-order valence-electron chi connectivity index (χ4n) is 2.98. The Hall–Kier alpha value is -1.10. The summed E-state index contributed by atoms with van der Waals surface area (Å²) in [5, 5.41) is -0.113. The van der Waals surface area contributed by atoms with Crippen molar-refractivity contribution in [3.8, 4) is 0 Å². The molecule has 0 bridgehead atoms. The van der Waals surface area contributed by atoms with Crippen LogP contribution in [0.25, 0.3) is 11.0 Å². The van der Waals surface area contributed by atoms with Crippen molar-refractivity contribution in [2.45, 2.75) is 31.9 Å². The van der Waals surface area contributed by atoms with Gasteiger partial charge in [0.15, 0.2) is 0 Å². The minimum Gasteiger partial charge on any atom is -0.374 e. The zero-order valence-corrected chi connectivity index (χ0v) is 13.6. The van der Waals surface area contributed by atoms with Crippen LogP contribution in [0.3, 0.4) is 0 Å². The molecule has 2 unspecified atom stereocenters. The van der Waals surface area contributed by atoms with E-state index in [0.29, 0.717) is 0 Å². The molecule has 2 atom stereocenters. The maximum absolute atomic E-state index is 6.34. The third-order valence-corrected chi connectivity index (χ3v) is 4.29. The molecule has 0 aliphatic carbocycles. The first-order chi connectivity index (χ1) is 10.1. The van der Waals surface area contributed by atoms with E-state index in [1.807, 2.05) is 6.92 Å². The monoisotopic (exact) mass is 307 g/mol. The lowest BCUT2D eigenvalue weighted by molar-refractivity contribution is -0.0272. The van der Waals surface area contributed by atoms with Crippen molar-refractivity contribution in [2.24, 2.45) is 0 Å². The smallest absolute Gasteiger partial charge is 0.127 e. The third kappa shape index (κ3) is 2.93. The molecule has 2 aromatic rings. The number of aryl methyl sites for hydroxylation is 1. The molecule has 21 heavy (non-hydrogen) atoms. The number of fused-ring (bicyclic) bond motifs is 1. The van der Waals surface area contributed by atoms with Gasteiger partial charge < -0.3 is 14.2 Å². The molecular formula is C16H22ClN3O. The van der Waals surface area contributed by atoms with Gasteiger partial charge in [-0.1, -0.05) is 12.1 Å². The second-order valence-electron chi connectivity index (χ2n) is 5.89. The van der Waals surface area contributed by atoms with E-state index in [9.17, 15) is 0 Å². The summed E-state index contributed by atoms with van der Waals surface area (Å²) in [5.74, 6) is 0.929. The normalized spacial score (nSPS) is 21.8. The van der Waals surface area contributed by atoms with Crippen molar-refractivity contribution in [3.63, 3.8) is 0 Å². The molecule has 1 saturated heterocycles. The molecule has 1 fully saturated rings. The molecule has 0 radical (unpaired) electrons. The van der Waals surface area contributed by atoms with E-state index in [0.717, 1.165) is 43.1 Å². The minimum absolute atomic E-state index is 0.113. The molecule has 114 valence electrons. The number of morpholine rings is 1. The summed E-state index contributed by atoms with van der Waals surface area (Å²) in [4.78, 5) is 7.07. The summed E-state index contributed by atoms with van der Waals surface area (Å²) in [6.07, 6.45) is 0.191. The number of rotatable bonds is 3. The predicted octanol–water partition coefficient (Wildman–Crippen LogP) is 2.98. The molecule has 0 saturated carbocycles. The van der Waals surface area contributed by atoms with Gasteiger partial charge in [-0.3, -0.25) is 0 Å². The number of alkyl halides is 1. The second-order valence-corrected chi connectivity index (χ2v) is 6.55. The molecule has 3 rings (SSSR count). The molecule has 0 spiro atoms. The van der Waals surface area contributed by atoms with Gasteiger partial charge >= 0.3 is 0 Å². The standard InChI is InChI=1S/C16H22ClN3O/c1-11-5-4-6-14-15(11)18-16(12(2)17)20(14)10-13-9-19(3)7-8-21-13/h4-6,12-13H,7-10H2,1-3H3. The minimum atomic E-state index is -0.113. The molecule has 1 aliphatic heterocycles. The zero-order valence-electron chi connectivity index (χ0n) is 12.8. The van der Waals surface area contributed by atoms with Gasteiger partial charge in [-0.25, -0.2) is 4.98 Å². The Bertz CT molecular complexity index is 638. The number of nitrogens with zero attached hydrogens (tertiary/aromatic N) is 3.